The molecule has 1 unspecified atom stereocenters. The third-order valence-electron chi connectivity index (χ3n) is 3.08. The summed E-state index contributed by atoms with van der Waals surface area (Å²) in [7, 11) is 0. The maximum atomic E-state index is 11.9. The molecule has 3 N–H and O–H groups in total. The molecule has 1 amide bonds. The van der Waals surface area contributed by atoms with Crippen LogP contribution < -0.4 is 10.2 Å². The summed E-state index contributed by atoms with van der Waals surface area (Å²) in [6.07, 6.45) is 0.985. The van der Waals surface area contributed by atoms with Crippen molar-refractivity contribution in [1.29, 1.82) is 0 Å². The second-order valence-electron chi connectivity index (χ2n) is 6.53. The lowest BCUT2D eigenvalue weighted by molar-refractivity contribution is -0.893. The van der Waals surface area contributed by atoms with Crippen LogP contribution in [0.3, 0.4) is 0 Å². The number of rotatable bonds is 9. The van der Waals surface area contributed by atoms with E-state index in [2.05, 4.69) is 5.32 Å². The second kappa shape index (κ2) is 8.92. The fourth-order valence-electron chi connectivity index (χ4n) is 2.11. The van der Waals surface area contributed by atoms with E-state index in [9.17, 15) is 9.90 Å². The van der Waals surface area contributed by atoms with Gasteiger partial charge in [-0.25, -0.2) is 0 Å². The molecule has 0 aliphatic carbocycles. The Labute approximate surface area is 132 Å². The first-order chi connectivity index (χ1) is 10.3. The largest absolute Gasteiger partial charge is 0.467 e. The van der Waals surface area contributed by atoms with Crippen molar-refractivity contribution >= 4 is 5.91 Å². The summed E-state index contributed by atoms with van der Waals surface area (Å²) in [6.45, 7) is 10.0. The monoisotopic (exact) mass is 313 g/mol. The first-order valence-corrected chi connectivity index (χ1v) is 7.73. The standard InChI is InChI=1S/C16H28N2O4/c1-5-18(10-15(20)17-16(2,3)4)9-13(19)11-21-12-14-7-6-8-22-14/h6-8,13,19H,5,9-12H2,1-4H3,(H,17,20)/p+1/t13-/m1/s1. The van der Waals surface area contributed by atoms with E-state index in [1.165, 1.54) is 0 Å². The van der Waals surface area contributed by atoms with Crippen LogP contribution in [0.15, 0.2) is 22.8 Å². The molecule has 6 nitrogen and oxygen atoms in total. The Morgan fingerprint density at radius 2 is 2.23 bits per heavy atom. The molecule has 126 valence electrons. The third kappa shape index (κ3) is 8.17. The number of carbonyl (C=O) groups excluding carboxylic acids is 1. The first-order valence-electron chi connectivity index (χ1n) is 7.73. The zero-order valence-electron chi connectivity index (χ0n) is 14.0. The van der Waals surface area contributed by atoms with E-state index in [0.717, 1.165) is 17.2 Å². The van der Waals surface area contributed by atoms with E-state index in [4.69, 9.17) is 9.15 Å². The number of quaternary nitrogens is 1. The number of aliphatic hydroxyl groups excluding tert-OH is 1. The van der Waals surface area contributed by atoms with Gasteiger partial charge in [-0.15, -0.1) is 0 Å². The predicted octanol–water partition coefficient (Wildman–Crippen LogP) is -0.0234. The Hall–Kier alpha value is -1.37. The summed E-state index contributed by atoms with van der Waals surface area (Å²) < 4.78 is 10.6. The number of furan rings is 1. The minimum absolute atomic E-state index is 0.00643. The molecule has 0 spiro atoms. The molecule has 0 bridgehead atoms. The van der Waals surface area contributed by atoms with Gasteiger partial charge in [-0.1, -0.05) is 0 Å². The van der Waals surface area contributed by atoms with Crippen LogP contribution in [0.25, 0.3) is 0 Å². The maximum absolute atomic E-state index is 11.9. The molecule has 0 aromatic carbocycles. The first kappa shape index (κ1) is 18.7. The summed E-state index contributed by atoms with van der Waals surface area (Å²) in [5.41, 5.74) is -0.235. The van der Waals surface area contributed by atoms with Gasteiger partial charge in [0.05, 0.1) is 19.4 Å². The number of hydrogen-bond acceptors (Lipinski definition) is 4. The molecule has 0 saturated heterocycles. The highest BCUT2D eigenvalue weighted by atomic mass is 16.5. The quantitative estimate of drug-likeness (QED) is 0.599. The van der Waals surface area contributed by atoms with Crippen molar-refractivity contribution in [1.82, 2.24) is 5.32 Å². The maximum Gasteiger partial charge on any atom is 0.275 e. The molecule has 1 rings (SSSR count). The molecule has 0 fully saturated rings. The number of hydrogen-bond donors (Lipinski definition) is 3. The molecule has 0 saturated carbocycles. The van der Waals surface area contributed by atoms with Crippen LogP contribution in [0.2, 0.25) is 0 Å². The van der Waals surface area contributed by atoms with Crippen LogP contribution in [-0.2, 0) is 16.1 Å². The molecule has 22 heavy (non-hydrogen) atoms. The number of likely N-dealkylation sites (N-methyl/N-ethyl adjacent to an activating group) is 1. The van der Waals surface area contributed by atoms with Gasteiger partial charge in [0.15, 0.2) is 6.54 Å². The van der Waals surface area contributed by atoms with Crippen molar-refractivity contribution in [2.45, 2.75) is 45.9 Å². The van der Waals surface area contributed by atoms with E-state index >= 15 is 0 Å². The van der Waals surface area contributed by atoms with E-state index < -0.39 is 6.10 Å². The van der Waals surface area contributed by atoms with Gasteiger partial charge < -0.3 is 24.5 Å². The van der Waals surface area contributed by atoms with Gasteiger partial charge in [0.2, 0.25) is 0 Å². The minimum Gasteiger partial charge on any atom is -0.467 e. The average Bonchev–Trinajstić information content (AvgIpc) is 2.88. The minimum atomic E-state index is -0.604. The van der Waals surface area contributed by atoms with Crippen molar-refractivity contribution in [3.8, 4) is 0 Å². The number of carbonyl (C=O) groups is 1. The average molecular weight is 313 g/mol. The third-order valence-corrected chi connectivity index (χ3v) is 3.08. The molecule has 2 atom stereocenters. The van der Waals surface area contributed by atoms with Crippen molar-refractivity contribution in [2.24, 2.45) is 0 Å². The van der Waals surface area contributed by atoms with Gasteiger partial charge >= 0.3 is 0 Å². The highest BCUT2D eigenvalue weighted by Gasteiger charge is 2.20. The van der Waals surface area contributed by atoms with Crippen LogP contribution in [0.1, 0.15) is 33.5 Å². The molecule has 1 heterocycles. The fraction of sp³-hybridized carbons (Fsp3) is 0.688. The Balaban J connectivity index is 2.27. The van der Waals surface area contributed by atoms with Crippen LogP contribution in [0.4, 0.5) is 0 Å². The molecule has 0 aliphatic rings. The zero-order valence-corrected chi connectivity index (χ0v) is 14.0. The molecule has 1 aromatic rings. The predicted molar refractivity (Wildman–Crippen MR) is 83.5 cm³/mol. The van der Waals surface area contributed by atoms with Crippen molar-refractivity contribution in [3.05, 3.63) is 24.2 Å². The van der Waals surface area contributed by atoms with Crippen LogP contribution in [0, 0.1) is 0 Å². The van der Waals surface area contributed by atoms with Gasteiger partial charge in [-0.2, -0.15) is 0 Å². The molecule has 6 heteroatoms. The van der Waals surface area contributed by atoms with Gasteiger partial charge in [-0.05, 0) is 39.8 Å². The van der Waals surface area contributed by atoms with Gasteiger partial charge in [-0.3, -0.25) is 4.79 Å². The van der Waals surface area contributed by atoms with E-state index in [1.54, 1.807) is 12.3 Å². The smallest absolute Gasteiger partial charge is 0.275 e. The molecule has 0 aliphatic heterocycles. The number of aliphatic hydroxyl groups is 1. The Kier molecular flexibility index (Phi) is 7.58. The van der Waals surface area contributed by atoms with Crippen LogP contribution >= 0.6 is 0 Å². The summed E-state index contributed by atoms with van der Waals surface area (Å²) >= 11 is 0. The van der Waals surface area contributed by atoms with Crippen LogP contribution in [-0.4, -0.2) is 48.9 Å². The van der Waals surface area contributed by atoms with Crippen molar-refractivity contribution in [2.75, 3.05) is 26.2 Å². The van der Waals surface area contributed by atoms with Gasteiger partial charge in [0.25, 0.3) is 5.91 Å². The summed E-state index contributed by atoms with van der Waals surface area (Å²) in [4.78, 5) is 12.9. The number of ether oxygens (including phenoxy) is 1. The van der Waals surface area contributed by atoms with E-state index in [1.807, 2.05) is 33.8 Å². The topological polar surface area (TPSA) is 76.1 Å². The normalized spacial score (nSPS) is 14.6. The molecular weight excluding hydrogens is 284 g/mol. The zero-order chi connectivity index (χ0) is 16.6. The lowest BCUT2D eigenvalue weighted by Gasteiger charge is -2.24. The molecule has 0 radical (unpaired) electrons. The van der Waals surface area contributed by atoms with Gasteiger partial charge in [0, 0.05) is 5.54 Å². The Bertz CT molecular complexity index is 426. The summed E-state index contributed by atoms with van der Waals surface area (Å²) in [6, 6.07) is 3.62. The highest BCUT2D eigenvalue weighted by Crippen LogP contribution is 2.01. The highest BCUT2D eigenvalue weighted by molar-refractivity contribution is 5.77. The molecular formula is C16H29N2O4+. The van der Waals surface area contributed by atoms with E-state index in [-0.39, 0.29) is 18.1 Å². The van der Waals surface area contributed by atoms with E-state index in [0.29, 0.717) is 19.7 Å². The van der Waals surface area contributed by atoms with Crippen molar-refractivity contribution < 1.29 is 24.0 Å². The Morgan fingerprint density at radius 1 is 1.50 bits per heavy atom. The lowest BCUT2D eigenvalue weighted by atomic mass is 10.1. The summed E-state index contributed by atoms with van der Waals surface area (Å²) in [5.74, 6) is 0.726. The van der Waals surface area contributed by atoms with Crippen LogP contribution in [0.5, 0.6) is 0 Å². The summed E-state index contributed by atoms with van der Waals surface area (Å²) in [5, 5.41) is 13.0. The Morgan fingerprint density at radius 3 is 2.77 bits per heavy atom. The molecule has 1 aromatic heterocycles. The van der Waals surface area contributed by atoms with Crippen molar-refractivity contribution in [3.63, 3.8) is 0 Å². The second-order valence-corrected chi connectivity index (χ2v) is 6.53. The van der Waals surface area contributed by atoms with Gasteiger partial charge in [0.1, 0.15) is 25.0 Å². The lowest BCUT2D eigenvalue weighted by Crippen LogP contribution is -3.14. The fourth-order valence-corrected chi connectivity index (χ4v) is 2.11. The number of nitrogens with one attached hydrogen (secondary N) is 2. The number of amides is 1. The SMILES string of the molecule is CC[NH+](CC(=O)NC(C)(C)C)C[C@@H](O)COCc1ccco1.